The number of furan rings is 1. The normalized spacial score (nSPS) is 48.3. The fourth-order valence-electron chi connectivity index (χ4n) is 6.59. The summed E-state index contributed by atoms with van der Waals surface area (Å²) in [5, 5.41) is 22.8. The minimum atomic E-state index is -0.803. The highest BCUT2D eigenvalue weighted by atomic mass is 16.3. The van der Waals surface area contributed by atoms with Gasteiger partial charge in [-0.15, -0.1) is 0 Å². The predicted molar refractivity (Wildman–Crippen MR) is 89.1 cm³/mol. The SMILES string of the molecule is C[C@@H]1c2ccoc2C[C@@H]2[C@@H]1[C@H](O)C[C@]1(O)C(C)(C)CCC[C@@]21C. The molecule has 23 heavy (non-hydrogen) atoms. The van der Waals surface area contributed by atoms with E-state index >= 15 is 0 Å². The van der Waals surface area contributed by atoms with E-state index in [4.69, 9.17) is 4.42 Å². The van der Waals surface area contributed by atoms with Gasteiger partial charge in [0, 0.05) is 18.3 Å². The molecule has 3 heteroatoms. The van der Waals surface area contributed by atoms with E-state index in [9.17, 15) is 10.2 Å². The molecule has 6 atom stereocenters. The van der Waals surface area contributed by atoms with E-state index in [1.165, 1.54) is 5.56 Å². The van der Waals surface area contributed by atoms with Gasteiger partial charge in [0.1, 0.15) is 5.76 Å². The third kappa shape index (κ3) is 1.78. The Hall–Kier alpha value is -0.800. The summed E-state index contributed by atoms with van der Waals surface area (Å²) in [4.78, 5) is 0. The van der Waals surface area contributed by atoms with Gasteiger partial charge in [0.2, 0.25) is 0 Å². The number of rotatable bonds is 0. The number of aliphatic hydroxyl groups excluding tert-OH is 1. The van der Waals surface area contributed by atoms with Gasteiger partial charge in [0.05, 0.1) is 18.0 Å². The Labute approximate surface area is 139 Å². The van der Waals surface area contributed by atoms with Crippen LogP contribution in [0.5, 0.6) is 0 Å². The second kappa shape index (κ2) is 4.64. The van der Waals surface area contributed by atoms with Crippen LogP contribution in [0.25, 0.3) is 0 Å². The van der Waals surface area contributed by atoms with Gasteiger partial charge in [-0.05, 0) is 47.6 Å². The van der Waals surface area contributed by atoms with Gasteiger partial charge in [-0.2, -0.15) is 0 Å². The second-order valence-corrected chi connectivity index (χ2v) is 9.26. The van der Waals surface area contributed by atoms with Crippen molar-refractivity contribution in [2.45, 2.75) is 77.4 Å². The highest BCUT2D eigenvalue weighted by molar-refractivity contribution is 5.30. The van der Waals surface area contributed by atoms with Crippen LogP contribution in [0.15, 0.2) is 16.7 Å². The molecule has 0 unspecified atom stereocenters. The first-order valence-electron chi connectivity index (χ1n) is 9.18. The third-order valence-corrected chi connectivity index (χ3v) is 8.05. The van der Waals surface area contributed by atoms with Gasteiger partial charge in [0.15, 0.2) is 0 Å². The number of aliphatic hydroxyl groups is 2. The molecule has 0 radical (unpaired) electrons. The third-order valence-electron chi connectivity index (χ3n) is 8.05. The number of fused-ring (bicyclic) bond motifs is 4. The van der Waals surface area contributed by atoms with Gasteiger partial charge in [-0.25, -0.2) is 0 Å². The lowest BCUT2D eigenvalue weighted by molar-refractivity contribution is -0.263. The maximum atomic E-state index is 11.8. The lowest BCUT2D eigenvalue weighted by Crippen LogP contribution is -2.69. The molecule has 2 fully saturated rings. The molecule has 1 aromatic heterocycles. The summed E-state index contributed by atoms with van der Waals surface area (Å²) in [7, 11) is 0. The van der Waals surface area contributed by atoms with Crippen molar-refractivity contribution < 1.29 is 14.6 Å². The lowest BCUT2D eigenvalue weighted by atomic mass is 9.41. The van der Waals surface area contributed by atoms with Gasteiger partial charge >= 0.3 is 0 Å². The summed E-state index contributed by atoms with van der Waals surface area (Å²) in [6.45, 7) is 8.86. The lowest BCUT2D eigenvalue weighted by Gasteiger charge is -2.66. The van der Waals surface area contributed by atoms with Crippen molar-refractivity contribution in [3.8, 4) is 0 Å². The van der Waals surface area contributed by atoms with Crippen molar-refractivity contribution in [1.29, 1.82) is 0 Å². The molecule has 0 amide bonds. The molecule has 0 aliphatic heterocycles. The van der Waals surface area contributed by atoms with E-state index in [0.29, 0.717) is 12.3 Å². The molecule has 2 N–H and O–H groups in total. The molecule has 0 saturated heterocycles. The average molecular weight is 318 g/mol. The van der Waals surface area contributed by atoms with Crippen LogP contribution in [0.1, 0.15) is 70.6 Å². The first kappa shape index (κ1) is 15.7. The standard InChI is InChI=1S/C20H30O3/c1-12-13-6-9-23-16(13)10-14-17(12)15(21)11-20(22)18(2,3)7-5-8-19(14,20)4/h6,9,12,14-15,17,21-22H,5,7-8,10-11H2,1-4H3/t12-,14-,15-,17-,19+,20+/m1/s1. The molecule has 0 spiro atoms. The van der Waals surface area contributed by atoms with Gasteiger partial charge < -0.3 is 14.6 Å². The van der Waals surface area contributed by atoms with Gasteiger partial charge in [0.25, 0.3) is 0 Å². The molecule has 3 aliphatic carbocycles. The summed E-state index contributed by atoms with van der Waals surface area (Å²) in [5.41, 5.74) is 0.146. The quantitative estimate of drug-likeness (QED) is 0.763. The smallest absolute Gasteiger partial charge is 0.107 e. The van der Waals surface area contributed by atoms with Crippen molar-refractivity contribution in [3.05, 3.63) is 23.7 Å². The summed E-state index contributed by atoms with van der Waals surface area (Å²) in [5.74, 6) is 1.87. The van der Waals surface area contributed by atoms with Crippen molar-refractivity contribution in [3.63, 3.8) is 0 Å². The zero-order valence-electron chi connectivity index (χ0n) is 14.8. The van der Waals surface area contributed by atoms with E-state index in [1.807, 2.05) is 0 Å². The van der Waals surface area contributed by atoms with Crippen LogP contribution >= 0.6 is 0 Å². The van der Waals surface area contributed by atoms with Crippen LogP contribution in [-0.4, -0.2) is 21.9 Å². The molecule has 3 nitrogen and oxygen atoms in total. The fraction of sp³-hybridized carbons (Fsp3) is 0.800. The van der Waals surface area contributed by atoms with E-state index < -0.39 is 11.7 Å². The maximum absolute atomic E-state index is 11.8. The van der Waals surface area contributed by atoms with Crippen molar-refractivity contribution in [1.82, 2.24) is 0 Å². The maximum Gasteiger partial charge on any atom is 0.107 e. The summed E-state index contributed by atoms with van der Waals surface area (Å²) < 4.78 is 5.76. The van der Waals surface area contributed by atoms with Crippen molar-refractivity contribution >= 4 is 0 Å². The van der Waals surface area contributed by atoms with Crippen LogP contribution in [0, 0.1) is 22.7 Å². The van der Waals surface area contributed by atoms with Crippen molar-refractivity contribution in [2.75, 3.05) is 0 Å². The van der Waals surface area contributed by atoms with E-state index in [0.717, 1.165) is 31.4 Å². The second-order valence-electron chi connectivity index (χ2n) is 9.26. The molecule has 1 aromatic rings. The van der Waals surface area contributed by atoms with E-state index in [2.05, 4.69) is 33.8 Å². The Kier molecular flexibility index (Phi) is 3.17. The van der Waals surface area contributed by atoms with Crippen LogP contribution in [0.3, 0.4) is 0 Å². The first-order valence-corrected chi connectivity index (χ1v) is 9.18. The molecule has 3 aliphatic rings. The highest BCUT2D eigenvalue weighted by Gasteiger charge is 2.67. The number of hydrogen-bond donors (Lipinski definition) is 2. The molecule has 1 heterocycles. The summed E-state index contributed by atoms with van der Waals surface area (Å²) in [6, 6.07) is 2.07. The molecular formula is C20H30O3. The van der Waals surface area contributed by atoms with E-state index in [-0.39, 0.29) is 22.7 Å². The van der Waals surface area contributed by atoms with E-state index in [1.54, 1.807) is 6.26 Å². The van der Waals surface area contributed by atoms with Gasteiger partial charge in [-0.1, -0.05) is 34.1 Å². The Balaban J connectivity index is 1.84. The monoisotopic (exact) mass is 318 g/mol. The zero-order valence-corrected chi connectivity index (χ0v) is 14.8. The number of hydrogen-bond acceptors (Lipinski definition) is 3. The summed E-state index contributed by atoms with van der Waals surface area (Å²) in [6.07, 6.45) is 5.94. The highest BCUT2D eigenvalue weighted by Crippen LogP contribution is 2.66. The molecule has 0 aromatic carbocycles. The summed E-state index contributed by atoms with van der Waals surface area (Å²) >= 11 is 0. The minimum absolute atomic E-state index is 0.154. The Bertz CT molecular complexity index is 618. The Morgan fingerprint density at radius 3 is 2.70 bits per heavy atom. The first-order chi connectivity index (χ1) is 10.7. The van der Waals surface area contributed by atoms with Crippen LogP contribution in [0.4, 0.5) is 0 Å². The zero-order chi connectivity index (χ0) is 16.6. The molecule has 128 valence electrons. The predicted octanol–water partition coefficient (Wildman–Crippen LogP) is 3.88. The van der Waals surface area contributed by atoms with Crippen LogP contribution < -0.4 is 0 Å². The van der Waals surface area contributed by atoms with Crippen LogP contribution in [0.2, 0.25) is 0 Å². The van der Waals surface area contributed by atoms with Gasteiger partial charge in [-0.3, -0.25) is 0 Å². The fourth-order valence-corrected chi connectivity index (χ4v) is 6.59. The molecule has 0 bridgehead atoms. The largest absolute Gasteiger partial charge is 0.469 e. The molecular weight excluding hydrogens is 288 g/mol. The van der Waals surface area contributed by atoms with Crippen molar-refractivity contribution in [2.24, 2.45) is 22.7 Å². The molecule has 4 rings (SSSR count). The van der Waals surface area contributed by atoms with Crippen LogP contribution in [-0.2, 0) is 6.42 Å². The minimum Gasteiger partial charge on any atom is -0.469 e. The average Bonchev–Trinajstić information content (AvgIpc) is 2.92. The molecule has 2 saturated carbocycles. The Morgan fingerprint density at radius 1 is 1.22 bits per heavy atom. The topological polar surface area (TPSA) is 53.6 Å². The Morgan fingerprint density at radius 2 is 1.96 bits per heavy atom.